The van der Waals surface area contributed by atoms with Crippen LogP contribution in [0.2, 0.25) is 0 Å². The van der Waals surface area contributed by atoms with Crippen molar-refractivity contribution in [2.24, 2.45) is 0 Å². The molecule has 19 heavy (non-hydrogen) atoms. The molecule has 2 aromatic carbocycles. The summed E-state index contributed by atoms with van der Waals surface area (Å²) in [6.45, 7) is 6.70. The zero-order valence-electron chi connectivity index (χ0n) is 11.3. The highest BCUT2D eigenvalue weighted by atomic mass is 19.1. The Labute approximate surface area is 112 Å². The molecule has 0 aliphatic heterocycles. The van der Waals surface area contributed by atoms with Crippen LogP contribution in [0.3, 0.4) is 0 Å². The fourth-order valence-electron chi connectivity index (χ4n) is 2.34. The standard InChI is InChI=1S/C16H17F2N/c1-10-4-11(2)16(12(3)5-10)9-19-15-7-13(17)6-14(18)8-15/h4-8,19H,9H2,1-3H3. The van der Waals surface area contributed by atoms with Gasteiger partial charge in [-0.1, -0.05) is 17.7 Å². The summed E-state index contributed by atoms with van der Waals surface area (Å²) >= 11 is 0. The molecular weight excluding hydrogens is 244 g/mol. The first-order valence-corrected chi connectivity index (χ1v) is 6.22. The Kier molecular flexibility index (Phi) is 3.84. The second-order valence-electron chi connectivity index (χ2n) is 4.89. The van der Waals surface area contributed by atoms with E-state index in [0.717, 1.165) is 11.6 Å². The molecule has 0 aliphatic carbocycles. The van der Waals surface area contributed by atoms with Crippen molar-refractivity contribution in [3.05, 3.63) is 64.2 Å². The van der Waals surface area contributed by atoms with Gasteiger partial charge in [0.15, 0.2) is 0 Å². The molecule has 0 saturated carbocycles. The van der Waals surface area contributed by atoms with Crippen LogP contribution in [-0.4, -0.2) is 0 Å². The Morgan fingerprint density at radius 1 is 0.842 bits per heavy atom. The largest absolute Gasteiger partial charge is 0.381 e. The van der Waals surface area contributed by atoms with E-state index in [0.29, 0.717) is 12.2 Å². The SMILES string of the molecule is Cc1cc(C)c(CNc2cc(F)cc(F)c2)c(C)c1. The molecule has 0 bridgehead atoms. The second kappa shape index (κ2) is 5.39. The lowest BCUT2D eigenvalue weighted by Crippen LogP contribution is -2.04. The summed E-state index contributed by atoms with van der Waals surface area (Å²) < 4.78 is 26.2. The van der Waals surface area contributed by atoms with Gasteiger partial charge in [-0.05, 0) is 49.6 Å². The molecule has 100 valence electrons. The van der Waals surface area contributed by atoms with Crippen LogP contribution in [-0.2, 0) is 6.54 Å². The van der Waals surface area contributed by atoms with Gasteiger partial charge in [0, 0.05) is 18.3 Å². The number of halogens is 2. The first-order chi connectivity index (χ1) is 8.95. The van der Waals surface area contributed by atoms with E-state index in [1.165, 1.54) is 28.8 Å². The van der Waals surface area contributed by atoms with Crippen molar-refractivity contribution in [2.45, 2.75) is 27.3 Å². The van der Waals surface area contributed by atoms with Crippen LogP contribution >= 0.6 is 0 Å². The topological polar surface area (TPSA) is 12.0 Å². The number of anilines is 1. The van der Waals surface area contributed by atoms with Crippen LogP contribution in [0, 0.1) is 32.4 Å². The second-order valence-corrected chi connectivity index (χ2v) is 4.89. The summed E-state index contributed by atoms with van der Waals surface area (Å²) in [6, 6.07) is 7.67. The molecule has 0 spiro atoms. The molecule has 1 N–H and O–H groups in total. The summed E-state index contributed by atoms with van der Waals surface area (Å²) in [5.41, 5.74) is 5.20. The molecule has 2 aromatic rings. The van der Waals surface area contributed by atoms with E-state index in [1.807, 2.05) is 13.8 Å². The fourth-order valence-corrected chi connectivity index (χ4v) is 2.34. The van der Waals surface area contributed by atoms with Crippen molar-refractivity contribution in [3.8, 4) is 0 Å². The molecule has 0 amide bonds. The van der Waals surface area contributed by atoms with E-state index in [2.05, 4.69) is 24.4 Å². The number of hydrogen-bond acceptors (Lipinski definition) is 1. The normalized spacial score (nSPS) is 10.6. The molecule has 1 nitrogen and oxygen atoms in total. The van der Waals surface area contributed by atoms with Gasteiger partial charge in [-0.3, -0.25) is 0 Å². The first kappa shape index (κ1) is 13.5. The van der Waals surface area contributed by atoms with Crippen LogP contribution in [0.15, 0.2) is 30.3 Å². The molecule has 0 aliphatic rings. The summed E-state index contributed by atoms with van der Waals surface area (Å²) in [4.78, 5) is 0. The van der Waals surface area contributed by atoms with Crippen LogP contribution in [0.4, 0.5) is 14.5 Å². The van der Waals surface area contributed by atoms with Gasteiger partial charge in [-0.15, -0.1) is 0 Å². The van der Waals surface area contributed by atoms with Crippen molar-refractivity contribution >= 4 is 5.69 Å². The maximum absolute atomic E-state index is 13.1. The van der Waals surface area contributed by atoms with Gasteiger partial charge in [0.2, 0.25) is 0 Å². The third-order valence-corrected chi connectivity index (χ3v) is 3.17. The number of rotatable bonds is 3. The maximum atomic E-state index is 13.1. The van der Waals surface area contributed by atoms with E-state index < -0.39 is 11.6 Å². The average molecular weight is 261 g/mol. The molecule has 0 aromatic heterocycles. The Morgan fingerprint density at radius 3 is 1.89 bits per heavy atom. The van der Waals surface area contributed by atoms with E-state index in [9.17, 15) is 8.78 Å². The quantitative estimate of drug-likeness (QED) is 0.857. The van der Waals surface area contributed by atoms with Crippen molar-refractivity contribution in [2.75, 3.05) is 5.32 Å². The van der Waals surface area contributed by atoms with Gasteiger partial charge in [-0.2, -0.15) is 0 Å². The minimum atomic E-state index is -0.570. The summed E-state index contributed by atoms with van der Waals surface area (Å²) in [5.74, 6) is -1.14. The van der Waals surface area contributed by atoms with Crippen molar-refractivity contribution < 1.29 is 8.78 Å². The highest BCUT2D eigenvalue weighted by molar-refractivity contribution is 5.46. The van der Waals surface area contributed by atoms with Crippen LogP contribution < -0.4 is 5.32 Å². The molecule has 0 atom stereocenters. The molecule has 0 saturated heterocycles. The Hall–Kier alpha value is -1.90. The van der Waals surface area contributed by atoms with Gasteiger partial charge < -0.3 is 5.32 Å². The van der Waals surface area contributed by atoms with E-state index in [1.54, 1.807) is 0 Å². The predicted molar refractivity (Wildman–Crippen MR) is 74.3 cm³/mol. The molecule has 3 heteroatoms. The summed E-state index contributed by atoms with van der Waals surface area (Å²) in [6.07, 6.45) is 0. The van der Waals surface area contributed by atoms with Gasteiger partial charge >= 0.3 is 0 Å². The van der Waals surface area contributed by atoms with Crippen molar-refractivity contribution in [3.63, 3.8) is 0 Å². The minimum Gasteiger partial charge on any atom is -0.381 e. The van der Waals surface area contributed by atoms with Gasteiger partial charge in [0.05, 0.1) is 0 Å². The van der Waals surface area contributed by atoms with E-state index >= 15 is 0 Å². The maximum Gasteiger partial charge on any atom is 0.128 e. The molecule has 2 rings (SSSR count). The Balaban J connectivity index is 2.19. The summed E-state index contributed by atoms with van der Waals surface area (Å²) in [5, 5.41) is 3.06. The number of hydrogen-bond donors (Lipinski definition) is 1. The van der Waals surface area contributed by atoms with E-state index in [-0.39, 0.29) is 0 Å². The lowest BCUT2D eigenvalue weighted by Gasteiger charge is -2.13. The smallest absolute Gasteiger partial charge is 0.128 e. The fraction of sp³-hybridized carbons (Fsp3) is 0.250. The highest BCUT2D eigenvalue weighted by Crippen LogP contribution is 2.19. The lowest BCUT2D eigenvalue weighted by atomic mass is 10.00. The number of aryl methyl sites for hydroxylation is 3. The van der Waals surface area contributed by atoms with Gasteiger partial charge in [-0.25, -0.2) is 8.78 Å². The molecule has 0 fully saturated rings. The van der Waals surface area contributed by atoms with Crippen LogP contribution in [0.1, 0.15) is 22.3 Å². The van der Waals surface area contributed by atoms with E-state index in [4.69, 9.17) is 0 Å². The average Bonchev–Trinajstić information content (AvgIpc) is 2.25. The van der Waals surface area contributed by atoms with Gasteiger partial charge in [0.25, 0.3) is 0 Å². The molecule has 0 heterocycles. The summed E-state index contributed by atoms with van der Waals surface area (Å²) in [7, 11) is 0. The molecule has 0 unspecified atom stereocenters. The number of benzene rings is 2. The third kappa shape index (κ3) is 3.31. The monoisotopic (exact) mass is 261 g/mol. The zero-order chi connectivity index (χ0) is 14.0. The minimum absolute atomic E-state index is 0.455. The predicted octanol–water partition coefficient (Wildman–Crippen LogP) is 4.50. The lowest BCUT2D eigenvalue weighted by molar-refractivity contribution is 0.584. The van der Waals surface area contributed by atoms with Gasteiger partial charge in [0.1, 0.15) is 11.6 Å². The Morgan fingerprint density at radius 2 is 1.37 bits per heavy atom. The zero-order valence-corrected chi connectivity index (χ0v) is 11.3. The third-order valence-electron chi connectivity index (χ3n) is 3.17. The molecular formula is C16H17F2N. The molecule has 0 radical (unpaired) electrons. The van der Waals surface area contributed by atoms with Crippen LogP contribution in [0.5, 0.6) is 0 Å². The van der Waals surface area contributed by atoms with Crippen molar-refractivity contribution in [1.82, 2.24) is 0 Å². The first-order valence-electron chi connectivity index (χ1n) is 6.22. The van der Waals surface area contributed by atoms with Crippen LogP contribution in [0.25, 0.3) is 0 Å². The Bertz CT molecular complexity index is 562. The van der Waals surface area contributed by atoms with Crippen molar-refractivity contribution in [1.29, 1.82) is 0 Å². The highest BCUT2D eigenvalue weighted by Gasteiger charge is 2.05. The number of nitrogens with one attached hydrogen (secondary N) is 1.